The molecule has 26 heavy (non-hydrogen) atoms. The monoisotopic (exact) mass is 378 g/mol. The first kappa shape index (κ1) is 19.5. The number of anilines is 1. The van der Waals surface area contributed by atoms with E-state index in [2.05, 4.69) is 10.1 Å². The smallest absolute Gasteiger partial charge is 0.343 e. The number of carbonyl (C=O) groups excluding carboxylic acids is 2. The van der Waals surface area contributed by atoms with Gasteiger partial charge in [-0.3, -0.25) is 4.79 Å². The molecule has 0 aliphatic heterocycles. The standard InChI is InChI=1S/C17H19N3O5S/c1-19(2)26(23,24)15-8-4-7-14(10-15)18-16(21)12-20-9-5-6-13(11-20)17(22)25-3/h4-11H,12H2,1-3H3/p+1. The van der Waals surface area contributed by atoms with Gasteiger partial charge in [-0.05, 0) is 24.3 Å². The highest BCUT2D eigenvalue weighted by atomic mass is 32.2. The Morgan fingerprint density at radius 1 is 1.19 bits per heavy atom. The van der Waals surface area contributed by atoms with Crippen LogP contribution in [0, 0.1) is 0 Å². The Balaban J connectivity index is 2.13. The number of nitrogens with zero attached hydrogens (tertiary/aromatic N) is 2. The summed E-state index contributed by atoms with van der Waals surface area (Å²) >= 11 is 0. The molecule has 0 atom stereocenters. The molecule has 0 radical (unpaired) electrons. The second-order valence-corrected chi connectivity index (χ2v) is 7.77. The van der Waals surface area contributed by atoms with E-state index < -0.39 is 16.0 Å². The number of hydrogen-bond donors (Lipinski definition) is 1. The quantitative estimate of drug-likeness (QED) is 0.588. The fraction of sp³-hybridized carbons (Fsp3) is 0.235. The van der Waals surface area contributed by atoms with Gasteiger partial charge in [-0.1, -0.05) is 6.07 Å². The summed E-state index contributed by atoms with van der Waals surface area (Å²) in [5.74, 6) is -0.863. The van der Waals surface area contributed by atoms with Gasteiger partial charge in [-0.2, -0.15) is 4.57 Å². The average Bonchev–Trinajstić information content (AvgIpc) is 2.61. The fourth-order valence-electron chi connectivity index (χ4n) is 2.17. The molecule has 9 heteroatoms. The van der Waals surface area contributed by atoms with Crippen LogP contribution < -0.4 is 9.88 Å². The van der Waals surface area contributed by atoms with Crippen molar-refractivity contribution in [1.82, 2.24) is 4.31 Å². The molecule has 8 nitrogen and oxygen atoms in total. The number of aromatic nitrogens is 1. The van der Waals surface area contributed by atoms with Crippen molar-refractivity contribution in [3.05, 3.63) is 54.4 Å². The van der Waals surface area contributed by atoms with Crippen molar-refractivity contribution in [2.45, 2.75) is 11.4 Å². The van der Waals surface area contributed by atoms with Gasteiger partial charge in [0.1, 0.15) is 5.56 Å². The van der Waals surface area contributed by atoms with Crippen molar-refractivity contribution >= 4 is 27.6 Å². The molecule has 0 spiro atoms. The molecule has 2 aromatic rings. The summed E-state index contributed by atoms with van der Waals surface area (Å²) in [6, 6.07) is 9.21. The molecule has 0 bridgehead atoms. The lowest BCUT2D eigenvalue weighted by atomic mass is 10.3. The highest BCUT2D eigenvalue weighted by Gasteiger charge is 2.18. The normalized spacial score (nSPS) is 11.2. The van der Waals surface area contributed by atoms with E-state index in [9.17, 15) is 18.0 Å². The van der Waals surface area contributed by atoms with Crippen molar-refractivity contribution in [1.29, 1.82) is 0 Å². The van der Waals surface area contributed by atoms with Gasteiger partial charge in [0.25, 0.3) is 5.91 Å². The molecule has 0 aliphatic rings. The number of ether oxygens (including phenoxy) is 1. The van der Waals surface area contributed by atoms with E-state index >= 15 is 0 Å². The van der Waals surface area contributed by atoms with Crippen LogP contribution in [-0.4, -0.2) is 45.8 Å². The fourth-order valence-corrected chi connectivity index (χ4v) is 3.12. The van der Waals surface area contributed by atoms with Gasteiger partial charge >= 0.3 is 5.97 Å². The molecule has 1 amide bonds. The SMILES string of the molecule is COC(=O)c1ccc[n+](CC(=O)Nc2cccc(S(=O)(=O)N(C)C)c2)c1. The Morgan fingerprint density at radius 2 is 1.92 bits per heavy atom. The zero-order valence-corrected chi connectivity index (χ0v) is 15.5. The van der Waals surface area contributed by atoms with Crippen LogP contribution >= 0.6 is 0 Å². The number of pyridine rings is 1. The van der Waals surface area contributed by atoms with E-state index in [1.807, 2.05) is 0 Å². The van der Waals surface area contributed by atoms with Crippen LogP contribution in [0.1, 0.15) is 10.4 Å². The highest BCUT2D eigenvalue weighted by Crippen LogP contribution is 2.17. The van der Waals surface area contributed by atoms with E-state index in [1.165, 1.54) is 44.1 Å². The van der Waals surface area contributed by atoms with Crippen LogP contribution in [0.3, 0.4) is 0 Å². The van der Waals surface area contributed by atoms with Gasteiger partial charge < -0.3 is 10.1 Å². The summed E-state index contributed by atoms with van der Waals surface area (Å²) < 4.78 is 31.6. The van der Waals surface area contributed by atoms with Crippen molar-refractivity contribution in [2.24, 2.45) is 0 Å². The van der Waals surface area contributed by atoms with Crippen LogP contribution in [0.4, 0.5) is 5.69 Å². The molecular weight excluding hydrogens is 358 g/mol. The van der Waals surface area contributed by atoms with Gasteiger partial charge in [0.15, 0.2) is 12.4 Å². The molecule has 1 heterocycles. The zero-order chi connectivity index (χ0) is 19.3. The van der Waals surface area contributed by atoms with Gasteiger partial charge in [-0.15, -0.1) is 0 Å². The summed E-state index contributed by atoms with van der Waals surface area (Å²) in [7, 11) is 0.564. The number of carbonyl (C=O) groups is 2. The van der Waals surface area contributed by atoms with Crippen molar-refractivity contribution in [3.8, 4) is 0 Å². The molecular formula is C17H20N3O5S+. The van der Waals surface area contributed by atoms with Crippen LogP contribution in [0.5, 0.6) is 0 Å². The van der Waals surface area contributed by atoms with Crippen LogP contribution in [0.25, 0.3) is 0 Å². The number of rotatable bonds is 6. The van der Waals surface area contributed by atoms with Crippen LogP contribution in [0.15, 0.2) is 53.7 Å². The maximum atomic E-state index is 12.2. The van der Waals surface area contributed by atoms with E-state index in [-0.39, 0.29) is 17.3 Å². The average molecular weight is 378 g/mol. The molecule has 0 aliphatic carbocycles. The molecule has 0 saturated carbocycles. The minimum atomic E-state index is -3.59. The van der Waals surface area contributed by atoms with E-state index in [0.717, 1.165) is 4.31 Å². The van der Waals surface area contributed by atoms with Crippen molar-refractivity contribution < 1.29 is 27.3 Å². The number of sulfonamides is 1. The second-order valence-electron chi connectivity index (χ2n) is 5.62. The topological polar surface area (TPSA) is 96.7 Å². The summed E-state index contributed by atoms with van der Waals surface area (Å²) in [5, 5.41) is 2.65. The number of benzene rings is 1. The van der Waals surface area contributed by atoms with E-state index in [0.29, 0.717) is 11.3 Å². The first-order chi connectivity index (χ1) is 12.2. The number of esters is 1. The second kappa shape index (κ2) is 8.07. The highest BCUT2D eigenvalue weighted by molar-refractivity contribution is 7.89. The molecule has 1 aromatic carbocycles. The number of hydrogen-bond acceptors (Lipinski definition) is 5. The summed E-state index contributed by atoms with van der Waals surface area (Å²) in [6.07, 6.45) is 3.14. The molecule has 2 rings (SSSR count). The first-order valence-electron chi connectivity index (χ1n) is 7.64. The lowest BCUT2D eigenvalue weighted by molar-refractivity contribution is -0.684. The third-order valence-electron chi connectivity index (χ3n) is 3.50. The van der Waals surface area contributed by atoms with Crippen LogP contribution in [0.2, 0.25) is 0 Å². The van der Waals surface area contributed by atoms with Crippen molar-refractivity contribution in [2.75, 3.05) is 26.5 Å². The predicted octanol–water partition coefficient (Wildman–Crippen LogP) is 0.650. The minimum absolute atomic E-state index is 0.0461. The minimum Gasteiger partial charge on any atom is -0.465 e. The lowest BCUT2D eigenvalue weighted by Crippen LogP contribution is -2.40. The predicted molar refractivity (Wildman–Crippen MR) is 93.9 cm³/mol. The van der Waals surface area contributed by atoms with E-state index in [1.54, 1.807) is 30.5 Å². The Hall–Kier alpha value is -2.78. The largest absolute Gasteiger partial charge is 0.465 e. The number of amides is 1. The molecule has 1 N–H and O–H groups in total. The number of nitrogens with one attached hydrogen (secondary N) is 1. The third-order valence-corrected chi connectivity index (χ3v) is 5.31. The first-order valence-corrected chi connectivity index (χ1v) is 9.08. The Bertz CT molecular complexity index is 926. The molecule has 0 unspecified atom stereocenters. The molecule has 0 fully saturated rings. The summed E-state index contributed by atoms with van der Waals surface area (Å²) in [6.45, 7) is -0.0461. The molecule has 0 saturated heterocycles. The Kier molecular flexibility index (Phi) is 6.06. The summed E-state index contributed by atoms with van der Waals surface area (Å²) in [5.41, 5.74) is 0.685. The van der Waals surface area contributed by atoms with Gasteiger partial charge in [0.05, 0.1) is 12.0 Å². The molecule has 138 valence electrons. The van der Waals surface area contributed by atoms with Crippen molar-refractivity contribution in [3.63, 3.8) is 0 Å². The maximum Gasteiger partial charge on any atom is 0.343 e. The van der Waals surface area contributed by atoms with Gasteiger partial charge in [-0.25, -0.2) is 17.5 Å². The van der Waals surface area contributed by atoms with Crippen LogP contribution in [-0.2, 0) is 26.1 Å². The maximum absolute atomic E-state index is 12.2. The lowest BCUT2D eigenvalue weighted by Gasteiger charge is -2.12. The van der Waals surface area contributed by atoms with Gasteiger partial charge in [0, 0.05) is 25.8 Å². The van der Waals surface area contributed by atoms with E-state index in [4.69, 9.17) is 0 Å². The number of methoxy groups -OCH3 is 1. The third kappa shape index (κ3) is 4.64. The van der Waals surface area contributed by atoms with Gasteiger partial charge in [0.2, 0.25) is 16.6 Å². The molecule has 1 aromatic heterocycles. The summed E-state index contributed by atoms with van der Waals surface area (Å²) in [4.78, 5) is 23.8. The zero-order valence-electron chi connectivity index (χ0n) is 14.7. The Labute approximate surface area is 152 Å². The Morgan fingerprint density at radius 3 is 2.58 bits per heavy atom.